The molecular formula is C10H13NO2. The average molecular weight is 179 g/mol. The minimum Gasteiger partial charge on any atom is -0.508 e. The number of aliphatic hydroxyl groups excluding tert-OH is 1. The van der Waals surface area contributed by atoms with E-state index in [0.717, 1.165) is 11.1 Å². The summed E-state index contributed by atoms with van der Waals surface area (Å²) >= 11 is 0. The molecule has 3 heteroatoms. The number of aromatic hydroxyl groups is 1. The molecule has 2 unspecified atom stereocenters. The van der Waals surface area contributed by atoms with Gasteiger partial charge in [0.15, 0.2) is 0 Å². The van der Waals surface area contributed by atoms with E-state index < -0.39 is 6.10 Å². The first kappa shape index (κ1) is 8.53. The maximum absolute atomic E-state index is 9.63. The molecule has 0 fully saturated rings. The highest BCUT2D eigenvalue weighted by Crippen LogP contribution is 2.34. The number of aliphatic hydroxyl groups is 1. The fraction of sp³-hybridized carbons (Fsp3) is 0.400. The van der Waals surface area contributed by atoms with Crippen LogP contribution in [-0.2, 0) is 0 Å². The van der Waals surface area contributed by atoms with E-state index in [1.165, 1.54) is 0 Å². The molecule has 1 heterocycles. The van der Waals surface area contributed by atoms with Crippen molar-refractivity contribution in [1.82, 2.24) is 5.32 Å². The summed E-state index contributed by atoms with van der Waals surface area (Å²) in [5, 5.41) is 22.3. The Labute approximate surface area is 77.0 Å². The molecule has 3 N–H and O–H groups in total. The van der Waals surface area contributed by atoms with Crippen LogP contribution in [0.1, 0.15) is 30.2 Å². The molecule has 0 aliphatic carbocycles. The molecule has 0 aromatic heterocycles. The lowest BCUT2D eigenvalue weighted by molar-refractivity contribution is 0.157. The van der Waals surface area contributed by atoms with Gasteiger partial charge in [-0.05, 0) is 18.6 Å². The van der Waals surface area contributed by atoms with Crippen molar-refractivity contribution in [3.8, 4) is 5.75 Å². The number of hydrogen-bond donors (Lipinski definition) is 3. The minimum absolute atomic E-state index is 0.111. The van der Waals surface area contributed by atoms with Gasteiger partial charge in [-0.3, -0.25) is 0 Å². The topological polar surface area (TPSA) is 52.5 Å². The Hall–Kier alpha value is -1.06. The van der Waals surface area contributed by atoms with Gasteiger partial charge in [-0.1, -0.05) is 12.1 Å². The molecule has 1 aliphatic heterocycles. The van der Waals surface area contributed by atoms with Gasteiger partial charge in [-0.2, -0.15) is 0 Å². The average Bonchev–Trinajstić information content (AvgIpc) is 2.12. The van der Waals surface area contributed by atoms with E-state index in [1.807, 2.05) is 13.0 Å². The van der Waals surface area contributed by atoms with E-state index in [2.05, 4.69) is 5.32 Å². The number of phenols is 1. The van der Waals surface area contributed by atoms with Crippen molar-refractivity contribution >= 4 is 0 Å². The maximum atomic E-state index is 9.63. The number of benzene rings is 1. The summed E-state index contributed by atoms with van der Waals surface area (Å²) in [5.74, 6) is 0.260. The van der Waals surface area contributed by atoms with Crippen LogP contribution in [-0.4, -0.2) is 16.8 Å². The fourth-order valence-corrected chi connectivity index (χ4v) is 1.83. The lowest BCUT2D eigenvalue weighted by Crippen LogP contribution is -2.31. The van der Waals surface area contributed by atoms with Crippen LogP contribution >= 0.6 is 0 Å². The van der Waals surface area contributed by atoms with E-state index in [0.29, 0.717) is 6.54 Å². The Morgan fingerprint density at radius 2 is 2.23 bits per heavy atom. The Balaban J connectivity index is 2.56. The Morgan fingerprint density at radius 1 is 1.46 bits per heavy atom. The quantitative estimate of drug-likeness (QED) is 0.558. The van der Waals surface area contributed by atoms with Crippen molar-refractivity contribution in [1.29, 1.82) is 0 Å². The van der Waals surface area contributed by atoms with Crippen LogP contribution in [0.4, 0.5) is 0 Å². The highest BCUT2D eigenvalue weighted by atomic mass is 16.3. The zero-order valence-electron chi connectivity index (χ0n) is 7.49. The van der Waals surface area contributed by atoms with Crippen molar-refractivity contribution in [3.63, 3.8) is 0 Å². The number of β-amino-alcohol motifs (C(OH)–C–C–N with tert-alkyl or cyclic N) is 1. The predicted octanol–water partition coefficient (Wildman–Crippen LogP) is 1.09. The highest BCUT2D eigenvalue weighted by Gasteiger charge is 2.24. The van der Waals surface area contributed by atoms with Gasteiger partial charge in [-0.25, -0.2) is 0 Å². The first-order chi connectivity index (χ1) is 6.20. The van der Waals surface area contributed by atoms with Crippen molar-refractivity contribution in [2.45, 2.75) is 19.1 Å². The summed E-state index contributed by atoms with van der Waals surface area (Å²) in [6, 6.07) is 5.38. The minimum atomic E-state index is -0.502. The zero-order valence-corrected chi connectivity index (χ0v) is 7.49. The van der Waals surface area contributed by atoms with Crippen LogP contribution in [0.25, 0.3) is 0 Å². The largest absolute Gasteiger partial charge is 0.508 e. The number of fused-ring (bicyclic) bond motifs is 1. The van der Waals surface area contributed by atoms with Crippen LogP contribution in [0.5, 0.6) is 5.75 Å². The lowest BCUT2D eigenvalue weighted by atomic mass is 9.93. The van der Waals surface area contributed by atoms with Gasteiger partial charge in [0.25, 0.3) is 0 Å². The molecule has 0 radical (unpaired) electrons. The molecule has 0 amide bonds. The summed E-state index contributed by atoms with van der Waals surface area (Å²) in [5.41, 5.74) is 1.66. The second kappa shape index (κ2) is 3.01. The van der Waals surface area contributed by atoms with Crippen molar-refractivity contribution in [2.24, 2.45) is 0 Å². The lowest BCUT2D eigenvalue weighted by Gasteiger charge is -2.28. The van der Waals surface area contributed by atoms with Crippen LogP contribution in [0.2, 0.25) is 0 Å². The maximum Gasteiger partial charge on any atom is 0.120 e. The summed E-state index contributed by atoms with van der Waals surface area (Å²) in [7, 11) is 0. The first-order valence-corrected chi connectivity index (χ1v) is 4.43. The van der Waals surface area contributed by atoms with Gasteiger partial charge in [0.1, 0.15) is 5.75 Å². The van der Waals surface area contributed by atoms with Gasteiger partial charge < -0.3 is 15.5 Å². The van der Waals surface area contributed by atoms with Gasteiger partial charge in [-0.15, -0.1) is 0 Å². The van der Waals surface area contributed by atoms with Crippen molar-refractivity contribution in [3.05, 3.63) is 29.3 Å². The third-order valence-electron chi connectivity index (χ3n) is 2.53. The molecule has 3 nitrogen and oxygen atoms in total. The normalized spacial score (nSPS) is 26.9. The van der Waals surface area contributed by atoms with Gasteiger partial charge in [0.05, 0.1) is 6.10 Å². The molecule has 1 aromatic carbocycles. The highest BCUT2D eigenvalue weighted by molar-refractivity contribution is 5.44. The fourth-order valence-electron chi connectivity index (χ4n) is 1.83. The number of hydrogen-bond acceptors (Lipinski definition) is 3. The molecule has 1 aliphatic rings. The third kappa shape index (κ3) is 1.30. The zero-order chi connectivity index (χ0) is 9.42. The van der Waals surface area contributed by atoms with E-state index in [9.17, 15) is 10.2 Å². The van der Waals surface area contributed by atoms with Crippen LogP contribution in [0.15, 0.2) is 18.2 Å². The smallest absolute Gasteiger partial charge is 0.120 e. The van der Waals surface area contributed by atoms with Gasteiger partial charge in [0.2, 0.25) is 0 Å². The summed E-state index contributed by atoms with van der Waals surface area (Å²) in [4.78, 5) is 0. The molecule has 0 saturated heterocycles. The van der Waals surface area contributed by atoms with Gasteiger partial charge in [0, 0.05) is 18.2 Å². The number of rotatable bonds is 0. The molecule has 0 spiro atoms. The van der Waals surface area contributed by atoms with Crippen molar-refractivity contribution in [2.75, 3.05) is 6.54 Å². The SMILES string of the molecule is CC1NCC(O)c2cccc(O)c21. The predicted molar refractivity (Wildman–Crippen MR) is 49.5 cm³/mol. The molecular weight excluding hydrogens is 166 g/mol. The Kier molecular flexibility index (Phi) is 1.98. The van der Waals surface area contributed by atoms with Crippen LogP contribution in [0, 0.1) is 0 Å². The molecule has 1 aromatic rings. The second-order valence-electron chi connectivity index (χ2n) is 3.43. The monoisotopic (exact) mass is 179 g/mol. The van der Waals surface area contributed by atoms with E-state index in [4.69, 9.17) is 0 Å². The number of phenolic OH excluding ortho intramolecular Hbond substituents is 1. The van der Waals surface area contributed by atoms with Crippen molar-refractivity contribution < 1.29 is 10.2 Å². The molecule has 2 atom stereocenters. The molecule has 0 saturated carbocycles. The summed E-state index contributed by atoms with van der Waals surface area (Å²) in [6.07, 6.45) is -0.502. The second-order valence-corrected chi connectivity index (χ2v) is 3.43. The van der Waals surface area contributed by atoms with E-state index >= 15 is 0 Å². The van der Waals surface area contributed by atoms with Gasteiger partial charge >= 0.3 is 0 Å². The molecule has 2 rings (SSSR count). The molecule has 0 bridgehead atoms. The van der Waals surface area contributed by atoms with E-state index in [-0.39, 0.29) is 11.8 Å². The Bertz CT molecular complexity index is 325. The Morgan fingerprint density at radius 3 is 2.92 bits per heavy atom. The summed E-state index contributed by atoms with van der Waals surface area (Å²) in [6.45, 7) is 2.53. The summed E-state index contributed by atoms with van der Waals surface area (Å²) < 4.78 is 0. The molecule has 70 valence electrons. The first-order valence-electron chi connectivity index (χ1n) is 4.43. The van der Waals surface area contributed by atoms with E-state index in [1.54, 1.807) is 12.1 Å². The standard InChI is InChI=1S/C10H13NO2/c1-6-10-7(9(13)5-11-6)3-2-4-8(10)12/h2-4,6,9,11-13H,5H2,1H3. The van der Waals surface area contributed by atoms with Crippen LogP contribution < -0.4 is 5.32 Å². The third-order valence-corrected chi connectivity index (χ3v) is 2.53. The molecule has 13 heavy (non-hydrogen) atoms. The van der Waals surface area contributed by atoms with Crippen LogP contribution in [0.3, 0.4) is 0 Å². The number of nitrogens with one attached hydrogen (secondary N) is 1.